The van der Waals surface area contributed by atoms with E-state index in [9.17, 15) is 17.6 Å². The van der Waals surface area contributed by atoms with Crippen molar-refractivity contribution in [3.05, 3.63) is 41.3 Å². The first-order valence-electron chi connectivity index (χ1n) is 7.59. The minimum Gasteiger partial charge on any atom is -0.310 e. The second kappa shape index (κ2) is 6.01. The van der Waals surface area contributed by atoms with Gasteiger partial charge in [0.1, 0.15) is 22.3 Å². The number of hydrogen-bond acceptors (Lipinski definition) is 4. The number of rotatable bonds is 5. The van der Waals surface area contributed by atoms with Gasteiger partial charge >= 0.3 is 0 Å². The molecular formula is C16H18FN3O3S. The van der Waals surface area contributed by atoms with Gasteiger partial charge in [-0.1, -0.05) is 6.07 Å². The minimum absolute atomic E-state index is 0.327. The lowest BCUT2D eigenvalue weighted by Crippen LogP contribution is -2.24. The second-order valence-corrected chi connectivity index (χ2v) is 8.02. The van der Waals surface area contributed by atoms with Gasteiger partial charge in [0, 0.05) is 13.1 Å². The quantitative estimate of drug-likeness (QED) is 0.895. The number of carbonyl (C=O) groups excluding carboxylic acids is 1. The van der Waals surface area contributed by atoms with Crippen LogP contribution < -0.4 is 5.32 Å². The number of halogens is 1. The third kappa shape index (κ3) is 3.48. The van der Waals surface area contributed by atoms with Gasteiger partial charge in [-0.2, -0.15) is 5.10 Å². The average Bonchev–Trinajstić information content (AvgIpc) is 3.25. The average molecular weight is 351 g/mol. The van der Waals surface area contributed by atoms with Gasteiger partial charge in [0.05, 0.1) is 5.69 Å². The van der Waals surface area contributed by atoms with Crippen LogP contribution in [0.1, 0.15) is 30.0 Å². The van der Waals surface area contributed by atoms with Crippen molar-refractivity contribution in [3.63, 3.8) is 0 Å². The van der Waals surface area contributed by atoms with E-state index in [-0.39, 0.29) is 0 Å². The van der Waals surface area contributed by atoms with Crippen LogP contribution in [0.4, 0.5) is 10.2 Å². The van der Waals surface area contributed by atoms with E-state index in [1.807, 2.05) is 0 Å². The van der Waals surface area contributed by atoms with E-state index in [0.717, 1.165) is 18.4 Å². The van der Waals surface area contributed by atoms with Crippen molar-refractivity contribution in [2.24, 2.45) is 7.05 Å². The summed E-state index contributed by atoms with van der Waals surface area (Å²) in [5.41, 5.74) is 1.50. The molecule has 3 rings (SSSR count). The molecule has 0 radical (unpaired) electrons. The maximum Gasteiger partial charge on any atom is 0.241 e. The summed E-state index contributed by atoms with van der Waals surface area (Å²) in [6.07, 6.45) is 2.00. The number of carbonyl (C=O) groups is 1. The molecule has 0 unspecified atom stereocenters. The molecule has 8 heteroatoms. The summed E-state index contributed by atoms with van der Waals surface area (Å²) in [7, 11) is -2.42. The summed E-state index contributed by atoms with van der Waals surface area (Å²) in [5.74, 6) is -1.64. The van der Waals surface area contributed by atoms with Crippen LogP contribution in [0.3, 0.4) is 0 Å². The summed E-state index contributed by atoms with van der Waals surface area (Å²) < 4.78 is 40.2. The fraction of sp³-hybridized carbons (Fsp3) is 0.375. The largest absolute Gasteiger partial charge is 0.310 e. The van der Waals surface area contributed by atoms with Crippen LogP contribution in [0.2, 0.25) is 0 Å². The molecule has 0 spiro atoms. The standard InChI is InChI=1S/C16H18FN3O3S/c1-10-7-15(20(2)19-10)18-16(21)9-24(22,23)14-6-5-12(8-13(14)17)11-3-4-11/h5-8,11H,3-4,9H2,1-2H3,(H,18,21). The van der Waals surface area contributed by atoms with E-state index >= 15 is 0 Å². The molecule has 24 heavy (non-hydrogen) atoms. The molecule has 2 aromatic rings. The number of hydrogen-bond donors (Lipinski definition) is 1. The Morgan fingerprint density at radius 1 is 1.38 bits per heavy atom. The zero-order valence-electron chi connectivity index (χ0n) is 13.4. The highest BCUT2D eigenvalue weighted by Gasteiger charge is 2.27. The molecule has 6 nitrogen and oxygen atoms in total. The first kappa shape index (κ1) is 16.6. The van der Waals surface area contributed by atoms with Gasteiger partial charge in [-0.25, -0.2) is 12.8 Å². The van der Waals surface area contributed by atoms with E-state index in [0.29, 0.717) is 17.4 Å². The number of nitrogens with zero attached hydrogens (tertiary/aromatic N) is 2. The van der Waals surface area contributed by atoms with Crippen LogP contribution in [0, 0.1) is 12.7 Å². The van der Waals surface area contributed by atoms with Crippen molar-refractivity contribution >= 4 is 21.6 Å². The molecule has 0 saturated heterocycles. The minimum atomic E-state index is -4.06. The second-order valence-electron chi connectivity index (χ2n) is 6.07. The molecule has 0 atom stereocenters. The summed E-state index contributed by atoms with van der Waals surface area (Å²) >= 11 is 0. The highest BCUT2D eigenvalue weighted by molar-refractivity contribution is 7.92. The third-order valence-corrected chi connectivity index (χ3v) is 5.57. The highest BCUT2D eigenvalue weighted by Crippen LogP contribution is 2.40. The lowest BCUT2D eigenvalue weighted by atomic mass is 10.1. The number of amides is 1. The van der Waals surface area contributed by atoms with Crippen molar-refractivity contribution in [1.82, 2.24) is 9.78 Å². The molecule has 0 bridgehead atoms. The zero-order valence-corrected chi connectivity index (χ0v) is 14.2. The Morgan fingerprint density at radius 2 is 2.08 bits per heavy atom. The zero-order chi connectivity index (χ0) is 17.5. The van der Waals surface area contributed by atoms with Crippen LogP contribution in [0.5, 0.6) is 0 Å². The Morgan fingerprint density at radius 3 is 2.62 bits per heavy atom. The Balaban J connectivity index is 1.75. The first-order chi connectivity index (χ1) is 11.3. The molecule has 1 aliphatic rings. The molecule has 1 aromatic carbocycles. The van der Waals surface area contributed by atoms with E-state index < -0.39 is 32.2 Å². The van der Waals surface area contributed by atoms with Gasteiger partial charge in [-0.05, 0) is 43.4 Å². The van der Waals surface area contributed by atoms with Gasteiger partial charge in [-0.3, -0.25) is 9.48 Å². The monoisotopic (exact) mass is 351 g/mol. The fourth-order valence-corrected chi connectivity index (χ4v) is 3.80. The van der Waals surface area contributed by atoms with Crippen LogP contribution in [-0.2, 0) is 21.7 Å². The SMILES string of the molecule is Cc1cc(NC(=O)CS(=O)(=O)c2ccc(C3CC3)cc2F)n(C)n1. The van der Waals surface area contributed by atoms with Gasteiger partial charge in [0.15, 0.2) is 9.84 Å². The molecule has 1 aliphatic carbocycles. The fourth-order valence-electron chi connectivity index (χ4n) is 2.60. The normalized spacial score (nSPS) is 14.6. The third-order valence-electron chi connectivity index (χ3n) is 3.93. The molecule has 128 valence electrons. The first-order valence-corrected chi connectivity index (χ1v) is 9.24. The van der Waals surface area contributed by atoms with E-state index in [4.69, 9.17) is 0 Å². The smallest absolute Gasteiger partial charge is 0.241 e. The maximum atomic E-state index is 14.2. The summed E-state index contributed by atoms with van der Waals surface area (Å²) in [6.45, 7) is 1.75. The van der Waals surface area contributed by atoms with E-state index in [1.165, 1.54) is 16.8 Å². The van der Waals surface area contributed by atoms with E-state index in [2.05, 4.69) is 10.4 Å². The summed E-state index contributed by atoms with van der Waals surface area (Å²) in [4.78, 5) is 11.6. The molecule has 1 N–H and O–H groups in total. The number of sulfone groups is 1. The molecule has 1 heterocycles. The lowest BCUT2D eigenvalue weighted by molar-refractivity contribution is -0.113. The number of anilines is 1. The van der Waals surface area contributed by atoms with Crippen LogP contribution >= 0.6 is 0 Å². The number of aryl methyl sites for hydroxylation is 2. The van der Waals surface area contributed by atoms with Crippen LogP contribution in [-0.4, -0.2) is 29.9 Å². The molecule has 1 fully saturated rings. The number of nitrogens with one attached hydrogen (secondary N) is 1. The Labute approximate surface area is 139 Å². The van der Waals surface area contributed by atoms with Crippen molar-refractivity contribution in [2.45, 2.75) is 30.6 Å². The predicted molar refractivity (Wildman–Crippen MR) is 87.0 cm³/mol. The Hall–Kier alpha value is -2.22. The van der Waals surface area contributed by atoms with Gasteiger partial charge in [0.2, 0.25) is 5.91 Å². The van der Waals surface area contributed by atoms with Crippen molar-refractivity contribution in [2.75, 3.05) is 11.1 Å². The van der Waals surface area contributed by atoms with E-state index in [1.54, 1.807) is 26.1 Å². The van der Waals surface area contributed by atoms with Crippen molar-refractivity contribution in [1.29, 1.82) is 0 Å². The molecule has 1 amide bonds. The molecule has 1 saturated carbocycles. The van der Waals surface area contributed by atoms with Crippen molar-refractivity contribution in [3.8, 4) is 0 Å². The maximum absolute atomic E-state index is 14.2. The Kier molecular flexibility index (Phi) is 4.16. The highest BCUT2D eigenvalue weighted by atomic mass is 32.2. The van der Waals surface area contributed by atoms with Crippen LogP contribution in [0.15, 0.2) is 29.2 Å². The number of benzene rings is 1. The molecular weight excluding hydrogens is 333 g/mol. The van der Waals surface area contributed by atoms with Gasteiger partial charge in [0.25, 0.3) is 0 Å². The lowest BCUT2D eigenvalue weighted by Gasteiger charge is -2.08. The summed E-state index contributed by atoms with van der Waals surface area (Å²) in [6, 6.07) is 5.75. The van der Waals surface area contributed by atoms with Gasteiger partial charge < -0.3 is 5.32 Å². The topological polar surface area (TPSA) is 81.1 Å². The predicted octanol–water partition coefficient (Wildman–Crippen LogP) is 2.16. The number of aromatic nitrogens is 2. The van der Waals surface area contributed by atoms with Crippen LogP contribution in [0.25, 0.3) is 0 Å². The van der Waals surface area contributed by atoms with Gasteiger partial charge in [-0.15, -0.1) is 0 Å². The molecule has 1 aromatic heterocycles. The Bertz CT molecular complexity index is 901. The molecule has 0 aliphatic heterocycles. The van der Waals surface area contributed by atoms with Crippen molar-refractivity contribution < 1.29 is 17.6 Å². The summed E-state index contributed by atoms with van der Waals surface area (Å²) in [5, 5.41) is 6.53.